The summed E-state index contributed by atoms with van der Waals surface area (Å²) >= 11 is 0. The lowest BCUT2D eigenvalue weighted by Crippen LogP contribution is -2.48. The van der Waals surface area contributed by atoms with Gasteiger partial charge < -0.3 is 15.0 Å². The number of amides is 4. The van der Waals surface area contributed by atoms with Gasteiger partial charge in [-0.2, -0.15) is 8.78 Å². The molecule has 1 aromatic carbocycles. The molecule has 0 radical (unpaired) electrons. The van der Waals surface area contributed by atoms with Crippen LogP contribution in [0.1, 0.15) is 38.7 Å². The van der Waals surface area contributed by atoms with Crippen molar-refractivity contribution in [1.29, 1.82) is 0 Å². The van der Waals surface area contributed by atoms with Crippen molar-refractivity contribution < 1.29 is 27.9 Å². The minimum atomic E-state index is -2.95. The van der Waals surface area contributed by atoms with Crippen LogP contribution in [0.4, 0.5) is 13.6 Å². The number of urea groups is 1. The van der Waals surface area contributed by atoms with Gasteiger partial charge in [0.2, 0.25) is 5.91 Å². The van der Waals surface area contributed by atoms with Crippen molar-refractivity contribution in [3.05, 3.63) is 29.8 Å². The van der Waals surface area contributed by atoms with Gasteiger partial charge in [0.1, 0.15) is 17.8 Å². The quantitative estimate of drug-likeness (QED) is 0.777. The summed E-state index contributed by atoms with van der Waals surface area (Å²) in [7, 11) is 0. The number of alkyl halides is 2. The Balaban J connectivity index is 1.74. The Hall–Kier alpha value is -2.71. The molecule has 2 heterocycles. The zero-order chi connectivity index (χ0) is 20.5. The average molecular weight is 395 g/mol. The molecule has 0 saturated carbocycles. The van der Waals surface area contributed by atoms with Crippen LogP contribution in [0.25, 0.3) is 0 Å². The van der Waals surface area contributed by atoms with Crippen LogP contribution >= 0.6 is 0 Å². The second kappa shape index (κ2) is 7.73. The van der Waals surface area contributed by atoms with Crippen molar-refractivity contribution >= 4 is 17.8 Å². The van der Waals surface area contributed by atoms with Crippen LogP contribution in [0, 0.1) is 0 Å². The van der Waals surface area contributed by atoms with E-state index in [-0.39, 0.29) is 24.2 Å². The van der Waals surface area contributed by atoms with Crippen LogP contribution in [0.3, 0.4) is 0 Å². The van der Waals surface area contributed by atoms with Gasteiger partial charge in [-0.25, -0.2) is 4.79 Å². The van der Waals surface area contributed by atoms with Crippen molar-refractivity contribution in [3.8, 4) is 5.75 Å². The zero-order valence-electron chi connectivity index (χ0n) is 15.8. The van der Waals surface area contributed by atoms with Gasteiger partial charge in [0.25, 0.3) is 5.91 Å². The first-order valence-electron chi connectivity index (χ1n) is 9.21. The SMILES string of the molecule is C[C@H]1CCCCN1C(=O)CN1C(=O)N[C@@](C)(c2ccc(OC(F)F)cc2)C1=O. The number of halogens is 2. The number of carbonyl (C=O) groups is 3. The van der Waals surface area contributed by atoms with Gasteiger partial charge in [-0.15, -0.1) is 0 Å². The molecule has 7 nitrogen and oxygen atoms in total. The molecule has 2 aliphatic heterocycles. The number of hydrogen-bond acceptors (Lipinski definition) is 4. The summed E-state index contributed by atoms with van der Waals surface area (Å²) in [5.74, 6) is -0.871. The van der Waals surface area contributed by atoms with E-state index in [9.17, 15) is 23.2 Å². The summed E-state index contributed by atoms with van der Waals surface area (Å²) in [6, 6.07) is 4.90. The van der Waals surface area contributed by atoms with Gasteiger partial charge in [-0.05, 0) is 50.8 Å². The van der Waals surface area contributed by atoms with E-state index in [0.29, 0.717) is 12.1 Å². The molecule has 1 N–H and O–H groups in total. The molecule has 3 rings (SSSR count). The number of benzene rings is 1. The van der Waals surface area contributed by atoms with Crippen molar-refractivity contribution in [2.75, 3.05) is 13.1 Å². The van der Waals surface area contributed by atoms with Gasteiger partial charge in [0, 0.05) is 12.6 Å². The molecular weight excluding hydrogens is 372 g/mol. The fourth-order valence-corrected chi connectivity index (χ4v) is 3.70. The van der Waals surface area contributed by atoms with E-state index in [1.54, 1.807) is 4.90 Å². The lowest BCUT2D eigenvalue weighted by molar-refractivity contribution is -0.140. The summed E-state index contributed by atoms with van der Waals surface area (Å²) in [5, 5.41) is 2.60. The molecule has 0 aliphatic carbocycles. The maximum atomic E-state index is 12.9. The molecule has 9 heteroatoms. The standard InChI is InChI=1S/C19H23F2N3O4/c1-12-5-3-4-10-23(12)15(25)11-24-16(26)19(2,22-18(24)27)13-6-8-14(9-7-13)28-17(20)21/h6-9,12,17H,3-5,10-11H2,1-2H3,(H,22,27)/t12-,19-/m0/s1. The maximum Gasteiger partial charge on any atom is 0.387 e. The van der Waals surface area contributed by atoms with Crippen molar-refractivity contribution in [3.63, 3.8) is 0 Å². The molecular formula is C19H23F2N3O4. The molecule has 2 aliphatic rings. The molecule has 1 aromatic rings. The number of imide groups is 1. The number of piperidine rings is 1. The fourth-order valence-electron chi connectivity index (χ4n) is 3.70. The van der Waals surface area contributed by atoms with E-state index in [0.717, 1.165) is 24.2 Å². The topological polar surface area (TPSA) is 79.0 Å². The molecule has 28 heavy (non-hydrogen) atoms. The lowest BCUT2D eigenvalue weighted by atomic mass is 9.92. The number of likely N-dealkylation sites (tertiary alicyclic amines) is 1. The highest BCUT2D eigenvalue weighted by Gasteiger charge is 2.49. The molecule has 152 valence electrons. The summed E-state index contributed by atoms with van der Waals surface area (Å²) in [5.41, 5.74) is -0.970. The summed E-state index contributed by atoms with van der Waals surface area (Å²) in [6.45, 7) is 0.817. The fraction of sp³-hybridized carbons (Fsp3) is 0.526. The summed E-state index contributed by atoms with van der Waals surface area (Å²) in [6.07, 6.45) is 2.86. The second-order valence-electron chi connectivity index (χ2n) is 7.28. The van der Waals surface area contributed by atoms with Gasteiger partial charge in [0.05, 0.1) is 0 Å². The number of ether oxygens (including phenoxy) is 1. The molecule has 2 saturated heterocycles. The minimum absolute atomic E-state index is 0.0507. The largest absolute Gasteiger partial charge is 0.435 e. The highest BCUT2D eigenvalue weighted by Crippen LogP contribution is 2.30. The van der Waals surface area contributed by atoms with Crippen LogP contribution in [-0.2, 0) is 15.1 Å². The van der Waals surface area contributed by atoms with Gasteiger partial charge in [0.15, 0.2) is 0 Å². The Kier molecular flexibility index (Phi) is 5.53. The van der Waals surface area contributed by atoms with Crippen molar-refractivity contribution in [2.45, 2.75) is 51.3 Å². The Morgan fingerprint density at radius 3 is 2.57 bits per heavy atom. The van der Waals surface area contributed by atoms with E-state index < -0.39 is 24.1 Å². The number of carbonyl (C=O) groups excluding carboxylic acids is 3. The van der Waals surface area contributed by atoms with Crippen LogP contribution in [0.5, 0.6) is 5.75 Å². The second-order valence-corrected chi connectivity index (χ2v) is 7.28. The highest BCUT2D eigenvalue weighted by molar-refractivity contribution is 6.09. The van der Waals surface area contributed by atoms with E-state index in [2.05, 4.69) is 10.1 Å². The number of nitrogens with one attached hydrogen (secondary N) is 1. The Morgan fingerprint density at radius 2 is 1.96 bits per heavy atom. The molecule has 0 unspecified atom stereocenters. The number of nitrogens with zero attached hydrogens (tertiary/aromatic N) is 2. The van der Waals surface area contributed by atoms with Crippen molar-refractivity contribution in [2.24, 2.45) is 0 Å². The first kappa shape index (κ1) is 20.0. The monoisotopic (exact) mass is 395 g/mol. The molecule has 0 aromatic heterocycles. The van der Waals surface area contributed by atoms with Crippen LogP contribution in [-0.4, -0.2) is 53.4 Å². The maximum absolute atomic E-state index is 12.9. The van der Waals surface area contributed by atoms with Gasteiger partial charge in [-0.3, -0.25) is 14.5 Å². The predicted molar refractivity (Wildman–Crippen MR) is 95.7 cm³/mol. The molecule has 0 bridgehead atoms. The Labute approximate surface area is 161 Å². The Bertz CT molecular complexity index is 771. The normalized spacial score (nSPS) is 25.2. The lowest BCUT2D eigenvalue weighted by Gasteiger charge is -2.34. The third-order valence-electron chi connectivity index (χ3n) is 5.35. The molecule has 2 atom stereocenters. The third-order valence-corrected chi connectivity index (χ3v) is 5.35. The first-order chi connectivity index (χ1) is 13.2. The van der Waals surface area contributed by atoms with E-state index in [4.69, 9.17) is 0 Å². The number of rotatable bonds is 5. The van der Waals surface area contributed by atoms with Crippen molar-refractivity contribution in [1.82, 2.24) is 15.1 Å². The summed E-state index contributed by atoms with van der Waals surface area (Å²) < 4.78 is 28.9. The zero-order valence-corrected chi connectivity index (χ0v) is 15.8. The van der Waals surface area contributed by atoms with E-state index in [1.807, 2.05) is 6.92 Å². The van der Waals surface area contributed by atoms with Crippen LogP contribution in [0.15, 0.2) is 24.3 Å². The number of hydrogen-bond donors (Lipinski definition) is 1. The molecule has 0 spiro atoms. The van der Waals surface area contributed by atoms with E-state index in [1.165, 1.54) is 31.2 Å². The molecule has 2 fully saturated rings. The Morgan fingerprint density at radius 1 is 1.29 bits per heavy atom. The predicted octanol–water partition coefficient (Wildman–Crippen LogP) is 2.46. The van der Waals surface area contributed by atoms with Crippen LogP contribution < -0.4 is 10.1 Å². The molecule has 4 amide bonds. The average Bonchev–Trinajstić information content (AvgIpc) is 2.86. The van der Waals surface area contributed by atoms with Crippen LogP contribution in [0.2, 0.25) is 0 Å². The third kappa shape index (κ3) is 3.79. The summed E-state index contributed by atoms with van der Waals surface area (Å²) in [4.78, 5) is 40.5. The minimum Gasteiger partial charge on any atom is -0.435 e. The smallest absolute Gasteiger partial charge is 0.387 e. The highest BCUT2D eigenvalue weighted by atomic mass is 19.3. The van der Waals surface area contributed by atoms with E-state index >= 15 is 0 Å². The van der Waals surface area contributed by atoms with Gasteiger partial charge in [-0.1, -0.05) is 12.1 Å². The first-order valence-corrected chi connectivity index (χ1v) is 9.21. The van der Waals surface area contributed by atoms with Gasteiger partial charge >= 0.3 is 12.6 Å².